The molecular weight excluding hydrogens is 460 g/mol. The van der Waals surface area contributed by atoms with Gasteiger partial charge in [0.1, 0.15) is 5.82 Å². The summed E-state index contributed by atoms with van der Waals surface area (Å²) in [4.78, 5) is 13.3. The number of halogens is 4. The number of nitrogens with one attached hydrogen (secondary N) is 1. The van der Waals surface area contributed by atoms with Gasteiger partial charge in [0.15, 0.2) is 0 Å². The summed E-state index contributed by atoms with van der Waals surface area (Å²) in [6, 6.07) is 13.0. The van der Waals surface area contributed by atoms with Crippen LogP contribution in [0.1, 0.15) is 44.0 Å². The van der Waals surface area contributed by atoms with Gasteiger partial charge in [-0.3, -0.25) is 9.48 Å². The van der Waals surface area contributed by atoms with E-state index in [-0.39, 0.29) is 18.8 Å². The van der Waals surface area contributed by atoms with Gasteiger partial charge in [0.05, 0.1) is 28.5 Å². The van der Waals surface area contributed by atoms with Gasteiger partial charge in [-0.2, -0.15) is 18.3 Å². The molecular formula is C26H26F4N4O. The van der Waals surface area contributed by atoms with Crippen LogP contribution in [0.5, 0.6) is 0 Å². The van der Waals surface area contributed by atoms with Gasteiger partial charge in [0.25, 0.3) is 5.91 Å². The largest absolute Gasteiger partial charge is 0.389 e. The van der Waals surface area contributed by atoms with Crippen LogP contribution in [0.2, 0.25) is 0 Å². The Hall–Kier alpha value is -3.62. The first-order valence-electron chi connectivity index (χ1n) is 11.2. The molecule has 0 spiro atoms. The van der Waals surface area contributed by atoms with E-state index in [4.69, 9.17) is 0 Å². The van der Waals surface area contributed by atoms with E-state index < -0.39 is 24.0 Å². The van der Waals surface area contributed by atoms with Crippen LogP contribution in [-0.4, -0.2) is 26.4 Å². The molecule has 4 aromatic rings. The smallest absolute Gasteiger partial charge is 0.347 e. The van der Waals surface area contributed by atoms with Gasteiger partial charge in [-0.05, 0) is 75.0 Å². The number of benzene rings is 2. The Balaban J connectivity index is 1.62. The van der Waals surface area contributed by atoms with Crippen molar-refractivity contribution < 1.29 is 22.4 Å². The quantitative estimate of drug-likeness (QED) is 0.299. The lowest BCUT2D eigenvalue weighted by molar-refractivity contribution is -0.135. The number of hydrogen-bond donors (Lipinski definition) is 1. The van der Waals surface area contributed by atoms with Crippen molar-refractivity contribution in [1.82, 2.24) is 14.3 Å². The summed E-state index contributed by atoms with van der Waals surface area (Å²) in [6.45, 7) is 6.08. The molecule has 0 saturated carbocycles. The molecule has 4 rings (SSSR count). The standard InChI is InChI=1S/C26H26F4N4O/c1-25(2,3)34-23(18-5-8-19(27)9-6-18)21(16-31-34)24(35)32-20-10-7-17-11-14-33(22(17)15-20)13-4-12-26(28,29)30/h5-11,14-16H,4,12-13H2,1-3H3,(H,32,35). The number of nitrogens with zero attached hydrogens (tertiary/aromatic N) is 3. The zero-order valence-corrected chi connectivity index (χ0v) is 19.7. The molecule has 0 aliphatic carbocycles. The zero-order valence-electron chi connectivity index (χ0n) is 19.7. The average molecular weight is 487 g/mol. The predicted octanol–water partition coefficient (Wildman–Crippen LogP) is 6.99. The molecule has 2 aromatic carbocycles. The van der Waals surface area contributed by atoms with Crippen LogP contribution < -0.4 is 5.32 Å². The van der Waals surface area contributed by atoms with E-state index in [1.807, 2.05) is 32.9 Å². The van der Waals surface area contributed by atoms with Gasteiger partial charge in [-0.15, -0.1) is 0 Å². The highest BCUT2D eigenvalue weighted by Crippen LogP contribution is 2.30. The maximum Gasteiger partial charge on any atom is 0.389 e. The second-order valence-corrected chi connectivity index (χ2v) is 9.45. The van der Waals surface area contributed by atoms with E-state index in [1.54, 1.807) is 39.7 Å². The van der Waals surface area contributed by atoms with E-state index in [2.05, 4.69) is 10.4 Å². The normalized spacial score (nSPS) is 12.3. The van der Waals surface area contributed by atoms with Crippen molar-refractivity contribution in [2.45, 2.75) is 51.9 Å². The van der Waals surface area contributed by atoms with Gasteiger partial charge >= 0.3 is 6.18 Å². The minimum atomic E-state index is -4.19. The molecule has 0 bridgehead atoms. The third kappa shape index (κ3) is 5.55. The number of alkyl halides is 3. The molecule has 184 valence electrons. The Morgan fingerprint density at radius 2 is 1.74 bits per heavy atom. The number of carbonyl (C=O) groups is 1. The third-order valence-corrected chi connectivity index (χ3v) is 5.66. The van der Waals surface area contributed by atoms with Crippen molar-refractivity contribution in [2.24, 2.45) is 0 Å². The number of aromatic nitrogens is 3. The topological polar surface area (TPSA) is 51.9 Å². The second-order valence-electron chi connectivity index (χ2n) is 9.45. The van der Waals surface area contributed by atoms with Crippen molar-refractivity contribution in [2.75, 3.05) is 5.32 Å². The molecule has 0 fully saturated rings. The fourth-order valence-corrected chi connectivity index (χ4v) is 4.01. The highest BCUT2D eigenvalue weighted by molar-refractivity contribution is 6.08. The summed E-state index contributed by atoms with van der Waals surface area (Å²) >= 11 is 0. The van der Waals surface area contributed by atoms with E-state index in [9.17, 15) is 22.4 Å². The molecule has 9 heteroatoms. The highest BCUT2D eigenvalue weighted by atomic mass is 19.4. The van der Waals surface area contributed by atoms with Crippen LogP contribution in [0.15, 0.2) is 60.9 Å². The first-order chi connectivity index (χ1) is 16.4. The SMILES string of the molecule is CC(C)(C)n1ncc(C(=O)Nc2ccc3ccn(CCCC(F)(F)F)c3c2)c1-c1ccc(F)cc1. The Bertz CT molecular complexity index is 1340. The van der Waals surface area contributed by atoms with Crippen molar-refractivity contribution in [3.63, 3.8) is 0 Å². The molecule has 2 aromatic heterocycles. The highest BCUT2D eigenvalue weighted by Gasteiger charge is 2.27. The minimum Gasteiger partial charge on any atom is -0.347 e. The molecule has 1 amide bonds. The summed E-state index contributed by atoms with van der Waals surface area (Å²) in [5.41, 5.74) is 2.34. The van der Waals surface area contributed by atoms with E-state index in [0.29, 0.717) is 22.5 Å². The van der Waals surface area contributed by atoms with Crippen LogP contribution in [0, 0.1) is 5.82 Å². The van der Waals surface area contributed by atoms with Crippen LogP contribution >= 0.6 is 0 Å². The number of rotatable bonds is 6. The molecule has 0 aliphatic heterocycles. The maximum atomic E-state index is 13.5. The summed E-state index contributed by atoms with van der Waals surface area (Å²) < 4.78 is 54.6. The van der Waals surface area contributed by atoms with Gasteiger partial charge in [-0.25, -0.2) is 4.39 Å². The summed E-state index contributed by atoms with van der Waals surface area (Å²) in [5.74, 6) is -0.775. The lowest BCUT2D eigenvalue weighted by Gasteiger charge is -2.23. The van der Waals surface area contributed by atoms with Gasteiger partial charge in [-0.1, -0.05) is 6.07 Å². The van der Waals surface area contributed by atoms with Crippen LogP contribution in [0.25, 0.3) is 22.2 Å². The summed E-state index contributed by atoms with van der Waals surface area (Å²) in [6.07, 6.45) is -1.85. The molecule has 1 N–H and O–H groups in total. The van der Waals surface area contributed by atoms with Crippen LogP contribution in [-0.2, 0) is 12.1 Å². The molecule has 0 unspecified atom stereocenters. The zero-order chi connectivity index (χ0) is 25.4. The summed E-state index contributed by atoms with van der Waals surface area (Å²) in [7, 11) is 0. The first kappa shape index (κ1) is 24.5. The predicted molar refractivity (Wildman–Crippen MR) is 128 cm³/mol. The van der Waals surface area contributed by atoms with E-state index in [1.165, 1.54) is 18.3 Å². The van der Waals surface area contributed by atoms with Crippen molar-refractivity contribution in [3.8, 4) is 11.3 Å². The third-order valence-electron chi connectivity index (χ3n) is 5.66. The fraction of sp³-hybridized carbons (Fsp3) is 0.308. The molecule has 0 aliphatic rings. The van der Waals surface area contributed by atoms with E-state index >= 15 is 0 Å². The second kappa shape index (κ2) is 9.20. The van der Waals surface area contributed by atoms with Gasteiger partial charge < -0.3 is 9.88 Å². The number of anilines is 1. The van der Waals surface area contributed by atoms with Crippen molar-refractivity contribution in [3.05, 3.63) is 72.3 Å². The van der Waals surface area contributed by atoms with Crippen molar-refractivity contribution in [1.29, 1.82) is 0 Å². The number of carbonyl (C=O) groups excluding carboxylic acids is 1. The lowest BCUT2D eigenvalue weighted by atomic mass is 10.0. The Morgan fingerprint density at radius 1 is 1.03 bits per heavy atom. The Kier molecular flexibility index (Phi) is 6.44. The lowest BCUT2D eigenvalue weighted by Crippen LogP contribution is -2.24. The number of fused-ring (bicyclic) bond motifs is 1. The molecule has 0 saturated heterocycles. The fourth-order valence-electron chi connectivity index (χ4n) is 4.01. The first-order valence-corrected chi connectivity index (χ1v) is 11.2. The van der Waals surface area contributed by atoms with E-state index in [0.717, 1.165) is 10.9 Å². The van der Waals surface area contributed by atoms with Crippen molar-refractivity contribution >= 4 is 22.5 Å². The molecule has 0 radical (unpaired) electrons. The van der Waals surface area contributed by atoms with Crippen LogP contribution in [0.3, 0.4) is 0 Å². The number of aryl methyl sites for hydroxylation is 1. The number of hydrogen-bond acceptors (Lipinski definition) is 2. The monoisotopic (exact) mass is 486 g/mol. The molecule has 35 heavy (non-hydrogen) atoms. The average Bonchev–Trinajstić information content (AvgIpc) is 3.38. The van der Waals surface area contributed by atoms with Gasteiger partial charge in [0, 0.05) is 30.4 Å². The Labute approximate surface area is 200 Å². The molecule has 2 heterocycles. The van der Waals surface area contributed by atoms with Crippen LogP contribution in [0.4, 0.5) is 23.2 Å². The summed E-state index contributed by atoms with van der Waals surface area (Å²) in [5, 5.41) is 8.16. The maximum absolute atomic E-state index is 13.5. The minimum absolute atomic E-state index is 0.0309. The van der Waals surface area contributed by atoms with Gasteiger partial charge in [0.2, 0.25) is 0 Å². The molecule has 5 nitrogen and oxygen atoms in total. The molecule has 0 atom stereocenters. The number of amides is 1. The Morgan fingerprint density at radius 3 is 2.40 bits per heavy atom.